The molecule has 0 spiro atoms. The van der Waals surface area contributed by atoms with Crippen molar-refractivity contribution in [1.29, 1.82) is 0 Å². The van der Waals surface area contributed by atoms with Gasteiger partial charge in [0.2, 0.25) is 0 Å². The second kappa shape index (κ2) is 17.9. The highest BCUT2D eigenvalue weighted by molar-refractivity contribution is 4.54. The Morgan fingerprint density at radius 1 is 0.846 bits per heavy atom. The summed E-state index contributed by atoms with van der Waals surface area (Å²) in [5, 5.41) is 0. The number of hydrogen-bond donors (Lipinski definition) is 0. The maximum Gasteiger partial charge on any atom is 0.000415 e. The summed E-state index contributed by atoms with van der Waals surface area (Å²) in [5.74, 6) is 0.810. The molecule has 0 radical (unpaired) electrons. The molecule has 0 aliphatic carbocycles. The normalized spacial score (nSPS) is 8.77. The molecule has 0 saturated heterocycles. The zero-order valence-electron chi connectivity index (χ0n) is 11.1. The molecule has 0 atom stereocenters. The van der Waals surface area contributed by atoms with Gasteiger partial charge in [-0.05, 0) is 19.0 Å². The second-order valence-electron chi connectivity index (χ2n) is 2.88. The van der Waals surface area contributed by atoms with Crippen molar-refractivity contribution in [3.63, 3.8) is 0 Å². The molecule has 0 aliphatic rings. The van der Waals surface area contributed by atoms with Gasteiger partial charge in [0.05, 0.1) is 0 Å². The van der Waals surface area contributed by atoms with Crippen molar-refractivity contribution in [2.75, 3.05) is 19.6 Å². The van der Waals surface area contributed by atoms with Gasteiger partial charge in [0, 0.05) is 6.54 Å². The van der Waals surface area contributed by atoms with E-state index in [0.29, 0.717) is 0 Å². The van der Waals surface area contributed by atoms with Crippen LogP contribution in [0.2, 0.25) is 0 Å². The summed E-state index contributed by atoms with van der Waals surface area (Å²) in [6, 6.07) is 0. The Balaban J connectivity index is -0.000000218. The van der Waals surface area contributed by atoms with Gasteiger partial charge in [0.15, 0.2) is 0 Å². The molecule has 0 aliphatic heterocycles. The van der Waals surface area contributed by atoms with Crippen LogP contribution in [0.25, 0.3) is 0 Å². The molecule has 0 unspecified atom stereocenters. The summed E-state index contributed by atoms with van der Waals surface area (Å²) in [6.45, 7) is 20.6. The Morgan fingerprint density at radius 3 is 1.23 bits per heavy atom. The van der Waals surface area contributed by atoms with E-state index in [-0.39, 0.29) is 0 Å². The average Bonchev–Trinajstić information content (AvgIpc) is 2.20. The van der Waals surface area contributed by atoms with Gasteiger partial charge in [-0.1, -0.05) is 55.4 Å². The number of rotatable bonds is 4. The van der Waals surface area contributed by atoms with Gasteiger partial charge in [-0.2, -0.15) is 0 Å². The molecule has 0 rings (SSSR count). The van der Waals surface area contributed by atoms with Crippen molar-refractivity contribution in [3.05, 3.63) is 0 Å². The first kappa shape index (κ1) is 18.7. The van der Waals surface area contributed by atoms with Gasteiger partial charge in [0.1, 0.15) is 0 Å². The third-order valence-corrected chi connectivity index (χ3v) is 1.52. The fourth-order valence-electron chi connectivity index (χ4n) is 0.998. The van der Waals surface area contributed by atoms with Crippen molar-refractivity contribution < 1.29 is 0 Å². The van der Waals surface area contributed by atoms with Crippen LogP contribution in [0.3, 0.4) is 0 Å². The predicted octanol–water partition coefficient (Wildman–Crippen LogP) is 4.04. The van der Waals surface area contributed by atoms with Gasteiger partial charge in [-0.25, -0.2) is 0 Å². The van der Waals surface area contributed by atoms with Crippen molar-refractivity contribution in [3.8, 4) is 0 Å². The minimum absolute atomic E-state index is 0.810. The Hall–Kier alpha value is -0.0400. The average molecular weight is 189 g/mol. The van der Waals surface area contributed by atoms with Crippen LogP contribution < -0.4 is 0 Å². The Morgan fingerprint density at radius 2 is 1.15 bits per heavy atom. The lowest BCUT2D eigenvalue weighted by Crippen LogP contribution is -2.26. The topological polar surface area (TPSA) is 3.24 Å². The molecular formula is C12H31N. The van der Waals surface area contributed by atoms with Gasteiger partial charge in [-0.3, -0.25) is 0 Å². The summed E-state index contributed by atoms with van der Waals surface area (Å²) in [7, 11) is 0. The van der Waals surface area contributed by atoms with Crippen LogP contribution in [-0.2, 0) is 0 Å². The maximum atomic E-state index is 2.45. The third-order valence-electron chi connectivity index (χ3n) is 1.52. The molecule has 1 heteroatoms. The summed E-state index contributed by atoms with van der Waals surface area (Å²) in [5.41, 5.74) is 0. The molecule has 0 aromatic heterocycles. The first-order chi connectivity index (χ1) is 6.20. The Kier molecular flexibility index (Phi) is 25.7. The molecule has 13 heavy (non-hydrogen) atoms. The van der Waals surface area contributed by atoms with Crippen LogP contribution in [0.4, 0.5) is 0 Å². The van der Waals surface area contributed by atoms with E-state index in [9.17, 15) is 0 Å². The van der Waals surface area contributed by atoms with Crippen molar-refractivity contribution in [2.24, 2.45) is 5.92 Å². The van der Waals surface area contributed by atoms with Gasteiger partial charge >= 0.3 is 0 Å². The predicted molar refractivity (Wildman–Crippen MR) is 65.3 cm³/mol. The zero-order chi connectivity index (χ0) is 11.3. The summed E-state index contributed by atoms with van der Waals surface area (Å²) < 4.78 is 0. The molecule has 0 fully saturated rings. The quantitative estimate of drug-likeness (QED) is 0.645. The van der Waals surface area contributed by atoms with E-state index in [4.69, 9.17) is 0 Å². The van der Waals surface area contributed by atoms with Crippen LogP contribution in [0.15, 0.2) is 0 Å². The molecule has 0 aromatic carbocycles. The SMILES string of the molecule is CC.CC.CCN(CC)CC(C)C. The molecular weight excluding hydrogens is 158 g/mol. The van der Waals surface area contributed by atoms with Crippen molar-refractivity contribution >= 4 is 0 Å². The monoisotopic (exact) mass is 189 g/mol. The minimum atomic E-state index is 0.810. The van der Waals surface area contributed by atoms with E-state index in [1.54, 1.807) is 0 Å². The lowest BCUT2D eigenvalue weighted by molar-refractivity contribution is 0.269. The first-order valence-corrected chi connectivity index (χ1v) is 5.93. The molecule has 0 bridgehead atoms. The van der Waals surface area contributed by atoms with Crippen molar-refractivity contribution in [1.82, 2.24) is 4.90 Å². The Labute approximate surface area is 86.5 Å². The van der Waals surface area contributed by atoms with Crippen LogP contribution in [0.1, 0.15) is 55.4 Å². The molecule has 1 nitrogen and oxygen atoms in total. The molecule has 84 valence electrons. The summed E-state index contributed by atoms with van der Waals surface area (Å²) in [4.78, 5) is 2.45. The highest BCUT2D eigenvalue weighted by Crippen LogP contribution is 1.96. The van der Waals surface area contributed by atoms with Gasteiger partial charge in [0.25, 0.3) is 0 Å². The lowest BCUT2D eigenvalue weighted by atomic mass is 10.2. The summed E-state index contributed by atoms with van der Waals surface area (Å²) in [6.07, 6.45) is 0. The Bertz CT molecular complexity index is 56.1. The minimum Gasteiger partial charge on any atom is -0.304 e. The smallest absolute Gasteiger partial charge is 0.000415 e. The van der Waals surface area contributed by atoms with Gasteiger partial charge in [-0.15, -0.1) is 0 Å². The maximum absolute atomic E-state index is 2.45. The molecule has 0 N–H and O–H groups in total. The standard InChI is InChI=1S/C8H19N.2C2H6/c1-5-9(6-2)7-8(3)4;2*1-2/h8H,5-7H2,1-4H3;2*1-2H3. The summed E-state index contributed by atoms with van der Waals surface area (Å²) >= 11 is 0. The highest BCUT2D eigenvalue weighted by atomic mass is 15.1. The van der Waals surface area contributed by atoms with Crippen molar-refractivity contribution in [2.45, 2.75) is 55.4 Å². The van der Waals surface area contributed by atoms with E-state index in [1.165, 1.54) is 19.6 Å². The van der Waals surface area contributed by atoms with Crippen LogP contribution in [0, 0.1) is 5.92 Å². The number of nitrogens with zero attached hydrogens (tertiary/aromatic N) is 1. The van der Waals surface area contributed by atoms with Gasteiger partial charge < -0.3 is 4.90 Å². The van der Waals surface area contributed by atoms with Crippen LogP contribution >= 0.6 is 0 Å². The number of hydrogen-bond acceptors (Lipinski definition) is 1. The van der Waals surface area contributed by atoms with E-state index >= 15 is 0 Å². The fraction of sp³-hybridized carbons (Fsp3) is 1.00. The lowest BCUT2D eigenvalue weighted by Gasteiger charge is -2.19. The second-order valence-corrected chi connectivity index (χ2v) is 2.88. The van der Waals surface area contributed by atoms with Crippen LogP contribution in [0.5, 0.6) is 0 Å². The van der Waals surface area contributed by atoms with E-state index in [1.807, 2.05) is 27.7 Å². The third kappa shape index (κ3) is 18.7. The molecule has 0 aromatic rings. The molecule has 0 heterocycles. The van der Waals surface area contributed by atoms with E-state index in [0.717, 1.165) is 5.92 Å². The van der Waals surface area contributed by atoms with Crippen LogP contribution in [-0.4, -0.2) is 24.5 Å². The molecule has 0 saturated carbocycles. The van der Waals surface area contributed by atoms with E-state index < -0.39 is 0 Å². The molecule has 0 amide bonds. The van der Waals surface area contributed by atoms with E-state index in [2.05, 4.69) is 32.6 Å². The highest BCUT2D eigenvalue weighted by Gasteiger charge is 1.99. The first-order valence-electron chi connectivity index (χ1n) is 5.93. The largest absolute Gasteiger partial charge is 0.304 e. The zero-order valence-corrected chi connectivity index (χ0v) is 11.1. The fourth-order valence-corrected chi connectivity index (χ4v) is 0.998.